The van der Waals surface area contributed by atoms with Crippen LogP contribution < -0.4 is 14.8 Å². The number of carbonyl (C=O) groups is 3. The van der Waals surface area contributed by atoms with Gasteiger partial charge < -0.3 is 19.9 Å². The number of nitrogens with zero attached hydrogens (tertiary/aromatic N) is 1. The molecule has 1 fully saturated rings. The Labute approximate surface area is 126 Å². The third-order valence-electron chi connectivity index (χ3n) is 3.53. The summed E-state index contributed by atoms with van der Waals surface area (Å²) in [6.45, 7) is 0.823. The van der Waals surface area contributed by atoms with Gasteiger partial charge in [0.25, 0.3) is 5.91 Å². The van der Waals surface area contributed by atoms with Crippen molar-refractivity contribution in [2.24, 2.45) is 0 Å². The molecule has 0 aromatic heterocycles. The molecule has 118 valence electrons. The fourth-order valence-corrected chi connectivity index (χ4v) is 2.32. The molecule has 0 unspecified atom stereocenters. The Hall–Kier alpha value is -2.77. The molecule has 2 N–H and O–H groups in total. The number of amides is 3. The number of aliphatic carboxylic acids is 1. The van der Waals surface area contributed by atoms with Gasteiger partial charge in [-0.1, -0.05) is 6.07 Å². The van der Waals surface area contributed by atoms with Gasteiger partial charge in [0.1, 0.15) is 12.1 Å². The summed E-state index contributed by atoms with van der Waals surface area (Å²) in [6.07, 6.45) is 0. The normalized spacial score (nSPS) is 20.8. The van der Waals surface area contributed by atoms with Gasteiger partial charge in [0.05, 0.1) is 14.2 Å². The van der Waals surface area contributed by atoms with Crippen LogP contribution in [0.1, 0.15) is 12.5 Å². The smallest absolute Gasteiger partial charge is 0.325 e. The summed E-state index contributed by atoms with van der Waals surface area (Å²) in [7, 11) is 2.94. The average Bonchev–Trinajstić information content (AvgIpc) is 2.70. The number of hydrogen-bond donors (Lipinski definition) is 2. The predicted molar refractivity (Wildman–Crippen MR) is 74.8 cm³/mol. The quantitative estimate of drug-likeness (QED) is 0.770. The lowest BCUT2D eigenvalue weighted by Gasteiger charge is -2.23. The van der Waals surface area contributed by atoms with Crippen LogP contribution >= 0.6 is 0 Å². The first-order chi connectivity index (χ1) is 10.3. The maximum atomic E-state index is 12.4. The molecule has 1 aliphatic rings. The molecule has 2 rings (SSSR count). The first-order valence-corrected chi connectivity index (χ1v) is 6.42. The molecule has 0 spiro atoms. The van der Waals surface area contributed by atoms with E-state index in [1.807, 2.05) is 0 Å². The van der Waals surface area contributed by atoms with Crippen molar-refractivity contribution >= 4 is 17.9 Å². The van der Waals surface area contributed by atoms with Crippen molar-refractivity contribution in [1.29, 1.82) is 0 Å². The molecule has 1 aromatic rings. The van der Waals surface area contributed by atoms with Crippen molar-refractivity contribution in [3.8, 4) is 11.5 Å². The van der Waals surface area contributed by atoms with E-state index in [1.54, 1.807) is 18.2 Å². The number of hydrogen-bond acceptors (Lipinski definition) is 5. The zero-order valence-electron chi connectivity index (χ0n) is 12.4. The summed E-state index contributed by atoms with van der Waals surface area (Å²) in [5.41, 5.74) is -0.886. The van der Waals surface area contributed by atoms with E-state index in [2.05, 4.69) is 5.32 Å². The minimum absolute atomic E-state index is 0.403. The third kappa shape index (κ3) is 2.43. The molecular formula is C14H16N2O6. The van der Waals surface area contributed by atoms with E-state index < -0.39 is 30.0 Å². The topological polar surface area (TPSA) is 105 Å². The second-order valence-corrected chi connectivity index (χ2v) is 4.91. The van der Waals surface area contributed by atoms with Crippen molar-refractivity contribution in [3.05, 3.63) is 23.8 Å². The highest BCUT2D eigenvalue weighted by Gasteiger charge is 2.49. The van der Waals surface area contributed by atoms with Crippen LogP contribution in [-0.2, 0) is 15.1 Å². The van der Waals surface area contributed by atoms with Gasteiger partial charge >= 0.3 is 12.0 Å². The monoisotopic (exact) mass is 308 g/mol. The fourth-order valence-electron chi connectivity index (χ4n) is 2.32. The standard InChI is InChI=1S/C14H16N2O6/c1-14(8-4-5-9(21-2)10(6-8)22-3)12(19)16(7-11(17)18)13(20)15-14/h4-6H,7H2,1-3H3,(H,15,20)(H,17,18)/t14-/m0/s1. The summed E-state index contributed by atoms with van der Waals surface area (Å²) in [5.74, 6) is -1.01. The molecule has 0 bridgehead atoms. The molecule has 1 atom stereocenters. The molecule has 3 amide bonds. The maximum Gasteiger partial charge on any atom is 0.325 e. The van der Waals surface area contributed by atoms with Crippen molar-refractivity contribution < 1.29 is 29.0 Å². The second kappa shape index (κ2) is 5.55. The van der Waals surface area contributed by atoms with E-state index in [9.17, 15) is 14.4 Å². The number of urea groups is 1. The fraction of sp³-hybridized carbons (Fsp3) is 0.357. The molecular weight excluding hydrogens is 292 g/mol. The number of carboxylic acid groups (broad SMARTS) is 1. The number of benzene rings is 1. The lowest BCUT2D eigenvalue weighted by Crippen LogP contribution is -2.41. The van der Waals surface area contributed by atoms with Crippen LogP contribution in [0.2, 0.25) is 0 Å². The number of imide groups is 1. The van der Waals surface area contributed by atoms with Crippen LogP contribution in [0.25, 0.3) is 0 Å². The molecule has 8 heteroatoms. The van der Waals surface area contributed by atoms with Crippen LogP contribution in [-0.4, -0.2) is 48.7 Å². The Balaban J connectivity index is 2.41. The highest BCUT2D eigenvalue weighted by atomic mass is 16.5. The summed E-state index contributed by atoms with van der Waals surface area (Å²) < 4.78 is 10.3. The number of carboxylic acids is 1. The van der Waals surface area contributed by atoms with Gasteiger partial charge in [-0.05, 0) is 24.6 Å². The molecule has 0 aliphatic carbocycles. The Bertz CT molecular complexity index is 644. The second-order valence-electron chi connectivity index (χ2n) is 4.91. The Morgan fingerprint density at radius 2 is 1.91 bits per heavy atom. The Morgan fingerprint density at radius 1 is 1.27 bits per heavy atom. The highest BCUT2D eigenvalue weighted by molar-refractivity contribution is 6.08. The first kappa shape index (κ1) is 15.6. The highest BCUT2D eigenvalue weighted by Crippen LogP contribution is 2.35. The average molecular weight is 308 g/mol. The van der Waals surface area contributed by atoms with Crippen molar-refractivity contribution in [2.75, 3.05) is 20.8 Å². The van der Waals surface area contributed by atoms with Gasteiger partial charge in [0.15, 0.2) is 11.5 Å². The third-order valence-corrected chi connectivity index (χ3v) is 3.53. The number of ether oxygens (including phenoxy) is 2. The minimum Gasteiger partial charge on any atom is -0.493 e. The molecule has 22 heavy (non-hydrogen) atoms. The van der Waals surface area contributed by atoms with E-state index in [0.717, 1.165) is 0 Å². The van der Waals surface area contributed by atoms with Crippen LogP contribution in [0.3, 0.4) is 0 Å². The number of methoxy groups -OCH3 is 2. The molecule has 1 heterocycles. The van der Waals surface area contributed by atoms with Gasteiger partial charge in [-0.2, -0.15) is 0 Å². The zero-order chi connectivity index (χ0) is 16.5. The van der Waals surface area contributed by atoms with Gasteiger partial charge in [-0.25, -0.2) is 4.79 Å². The lowest BCUT2D eigenvalue weighted by molar-refractivity contribution is -0.142. The molecule has 0 radical (unpaired) electrons. The SMILES string of the molecule is COc1ccc([C@]2(C)NC(=O)N(CC(=O)O)C2=O)cc1OC. The van der Waals surface area contributed by atoms with Gasteiger partial charge in [-0.3, -0.25) is 14.5 Å². The van der Waals surface area contributed by atoms with Crippen LogP contribution in [0, 0.1) is 0 Å². The number of rotatable bonds is 5. The van der Waals surface area contributed by atoms with Crippen LogP contribution in [0.5, 0.6) is 11.5 Å². The summed E-state index contributed by atoms with van der Waals surface area (Å²) in [6, 6.07) is 4.05. The predicted octanol–water partition coefficient (Wildman–Crippen LogP) is 0.555. The van der Waals surface area contributed by atoms with Crippen LogP contribution in [0.15, 0.2) is 18.2 Å². The lowest BCUT2D eigenvalue weighted by atomic mass is 9.91. The maximum absolute atomic E-state index is 12.4. The van der Waals surface area contributed by atoms with Crippen LogP contribution in [0.4, 0.5) is 4.79 Å². The molecule has 1 aliphatic heterocycles. The molecule has 1 aromatic carbocycles. The zero-order valence-corrected chi connectivity index (χ0v) is 12.4. The molecule has 1 saturated heterocycles. The van der Waals surface area contributed by atoms with Gasteiger partial charge in [0, 0.05) is 0 Å². The van der Waals surface area contributed by atoms with E-state index in [4.69, 9.17) is 14.6 Å². The first-order valence-electron chi connectivity index (χ1n) is 6.42. The van der Waals surface area contributed by atoms with E-state index >= 15 is 0 Å². The molecule has 8 nitrogen and oxygen atoms in total. The van der Waals surface area contributed by atoms with Crippen molar-refractivity contribution in [3.63, 3.8) is 0 Å². The number of carbonyl (C=O) groups excluding carboxylic acids is 2. The summed E-state index contributed by atoms with van der Waals surface area (Å²) in [5, 5.41) is 11.3. The van der Waals surface area contributed by atoms with E-state index in [-0.39, 0.29) is 0 Å². The van der Waals surface area contributed by atoms with Crippen molar-refractivity contribution in [1.82, 2.24) is 10.2 Å². The Morgan fingerprint density at radius 3 is 2.45 bits per heavy atom. The Kier molecular flexibility index (Phi) is 3.94. The van der Waals surface area contributed by atoms with E-state index in [1.165, 1.54) is 21.1 Å². The summed E-state index contributed by atoms with van der Waals surface area (Å²) in [4.78, 5) is 35.7. The largest absolute Gasteiger partial charge is 0.493 e. The van der Waals surface area contributed by atoms with E-state index in [0.29, 0.717) is 22.0 Å². The van der Waals surface area contributed by atoms with Gasteiger partial charge in [-0.15, -0.1) is 0 Å². The minimum atomic E-state index is -1.36. The van der Waals surface area contributed by atoms with Gasteiger partial charge in [0.2, 0.25) is 0 Å². The number of nitrogens with one attached hydrogen (secondary N) is 1. The van der Waals surface area contributed by atoms with Crippen molar-refractivity contribution in [2.45, 2.75) is 12.5 Å². The molecule has 0 saturated carbocycles. The summed E-state index contributed by atoms with van der Waals surface area (Å²) >= 11 is 0.